The van der Waals surface area contributed by atoms with Gasteiger partial charge in [0, 0.05) is 25.2 Å². The van der Waals surface area contributed by atoms with Crippen LogP contribution in [0.3, 0.4) is 0 Å². The summed E-state index contributed by atoms with van der Waals surface area (Å²) < 4.78 is 2.91. The van der Waals surface area contributed by atoms with Gasteiger partial charge >= 0.3 is 5.69 Å². The number of rotatable bonds is 5. The fourth-order valence-electron chi connectivity index (χ4n) is 3.09. The molecule has 8 heteroatoms. The lowest BCUT2D eigenvalue weighted by molar-refractivity contribution is -0.117. The lowest BCUT2D eigenvalue weighted by Gasteiger charge is -2.21. The van der Waals surface area contributed by atoms with Crippen molar-refractivity contribution in [3.63, 3.8) is 0 Å². The number of pyridine rings is 1. The summed E-state index contributed by atoms with van der Waals surface area (Å²) in [5, 5.41) is 10.5. The zero-order valence-corrected chi connectivity index (χ0v) is 14.7. The maximum Gasteiger partial charge on any atom is 0.346 e. The first-order valence-corrected chi connectivity index (χ1v) is 8.69. The Balaban J connectivity index is 1.75. The Morgan fingerprint density at radius 2 is 2.28 bits per heavy atom. The summed E-state index contributed by atoms with van der Waals surface area (Å²) in [6.07, 6.45) is 3.75. The number of aryl methyl sites for hydroxylation is 1. The molecule has 1 aliphatic rings. The number of carbonyl (C=O) groups is 1. The van der Waals surface area contributed by atoms with E-state index in [2.05, 4.69) is 20.7 Å². The molecule has 1 atom stereocenters. The first-order chi connectivity index (χ1) is 12.1. The third kappa shape index (κ3) is 3.96. The minimum atomic E-state index is -0.312. The van der Waals surface area contributed by atoms with Crippen molar-refractivity contribution < 1.29 is 4.79 Å². The molecular formula is C17H24N6O2. The average molecular weight is 344 g/mol. The lowest BCUT2D eigenvalue weighted by Crippen LogP contribution is -2.32. The molecule has 1 fully saturated rings. The number of amides is 1. The van der Waals surface area contributed by atoms with Gasteiger partial charge in [0.05, 0.1) is 0 Å². The summed E-state index contributed by atoms with van der Waals surface area (Å²) in [5.41, 5.74) is 0.775. The van der Waals surface area contributed by atoms with E-state index in [1.807, 2.05) is 19.9 Å². The molecule has 1 aliphatic heterocycles. The molecule has 0 saturated carbocycles. The Bertz CT molecular complexity index is 786. The average Bonchev–Trinajstić information content (AvgIpc) is 2.93. The van der Waals surface area contributed by atoms with Crippen LogP contribution in [0.25, 0.3) is 0 Å². The summed E-state index contributed by atoms with van der Waals surface area (Å²) in [6.45, 7) is 6.09. The van der Waals surface area contributed by atoms with E-state index in [1.165, 1.54) is 4.68 Å². The van der Waals surface area contributed by atoms with Gasteiger partial charge < -0.3 is 10.6 Å². The fraction of sp³-hybridized carbons (Fsp3) is 0.529. The minimum Gasteiger partial charge on any atom is -0.316 e. The van der Waals surface area contributed by atoms with E-state index in [1.54, 1.807) is 16.8 Å². The SMILES string of the molecule is CCn1c([C@@H]2CCCNC2)nn(CC(=O)Nc2ccc(C)cn2)c1=O. The molecule has 2 aromatic rings. The molecule has 3 heterocycles. The molecule has 8 nitrogen and oxygen atoms in total. The van der Waals surface area contributed by atoms with Crippen LogP contribution in [-0.4, -0.2) is 38.3 Å². The van der Waals surface area contributed by atoms with Gasteiger partial charge in [0.1, 0.15) is 18.2 Å². The molecule has 1 amide bonds. The number of piperidine rings is 1. The second-order valence-corrected chi connectivity index (χ2v) is 6.35. The number of hydrogen-bond donors (Lipinski definition) is 2. The fourth-order valence-corrected chi connectivity index (χ4v) is 3.09. The topological polar surface area (TPSA) is 93.8 Å². The third-order valence-corrected chi connectivity index (χ3v) is 4.40. The van der Waals surface area contributed by atoms with Crippen molar-refractivity contribution in [2.75, 3.05) is 18.4 Å². The molecule has 134 valence electrons. The quantitative estimate of drug-likeness (QED) is 0.839. The Labute approximate surface area is 146 Å². The Morgan fingerprint density at radius 1 is 1.44 bits per heavy atom. The van der Waals surface area contributed by atoms with Crippen LogP contribution < -0.4 is 16.3 Å². The van der Waals surface area contributed by atoms with Crippen molar-refractivity contribution >= 4 is 11.7 Å². The van der Waals surface area contributed by atoms with E-state index >= 15 is 0 Å². The second kappa shape index (κ2) is 7.60. The van der Waals surface area contributed by atoms with Gasteiger partial charge in [-0.05, 0) is 44.9 Å². The molecule has 25 heavy (non-hydrogen) atoms. The Kier molecular flexibility index (Phi) is 5.28. The van der Waals surface area contributed by atoms with Crippen LogP contribution in [0.15, 0.2) is 23.1 Å². The van der Waals surface area contributed by atoms with Crippen molar-refractivity contribution in [3.05, 3.63) is 40.2 Å². The van der Waals surface area contributed by atoms with Crippen LogP contribution in [-0.2, 0) is 17.9 Å². The van der Waals surface area contributed by atoms with Crippen LogP contribution in [0.2, 0.25) is 0 Å². The lowest BCUT2D eigenvalue weighted by atomic mass is 9.99. The first kappa shape index (κ1) is 17.3. The van der Waals surface area contributed by atoms with E-state index in [-0.39, 0.29) is 24.1 Å². The highest BCUT2D eigenvalue weighted by molar-refractivity contribution is 5.89. The van der Waals surface area contributed by atoms with Crippen molar-refractivity contribution in [1.82, 2.24) is 24.6 Å². The summed E-state index contributed by atoms with van der Waals surface area (Å²) in [4.78, 5) is 28.9. The number of anilines is 1. The zero-order chi connectivity index (χ0) is 17.8. The van der Waals surface area contributed by atoms with Crippen molar-refractivity contribution in [3.8, 4) is 0 Å². The maximum absolute atomic E-state index is 12.5. The highest BCUT2D eigenvalue weighted by Crippen LogP contribution is 2.20. The van der Waals surface area contributed by atoms with Crippen LogP contribution in [0.4, 0.5) is 5.82 Å². The number of hydrogen-bond acceptors (Lipinski definition) is 5. The third-order valence-electron chi connectivity index (χ3n) is 4.40. The van der Waals surface area contributed by atoms with E-state index in [0.717, 1.165) is 37.3 Å². The predicted molar refractivity (Wildman–Crippen MR) is 94.6 cm³/mol. The molecular weight excluding hydrogens is 320 g/mol. The minimum absolute atomic E-state index is 0.117. The molecule has 2 N–H and O–H groups in total. The highest BCUT2D eigenvalue weighted by atomic mass is 16.2. The molecule has 0 bridgehead atoms. The van der Waals surface area contributed by atoms with Gasteiger partial charge in [-0.25, -0.2) is 14.5 Å². The first-order valence-electron chi connectivity index (χ1n) is 8.69. The molecule has 0 aliphatic carbocycles. The summed E-state index contributed by atoms with van der Waals surface area (Å²) in [6, 6.07) is 3.61. The number of nitrogens with one attached hydrogen (secondary N) is 2. The van der Waals surface area contributed by atoms with Crippen LogP contribution in [0, 0.1) is 6.92 Å². The highest BCUT2D eigenvalue weighted by Gasteiger charge is 2.24. The van der Waals surface area contributed by atoms with Gasteiger partial charge in [-0.3, -0.25) is 9.36 Å². The van der Waals surface area contributed by atoms with Crippen LogP contribution in [0.1, 0.15) is 37.1 Å². The van der Waals surface area contributed by atoms with Crippen LogP contribution >= 0.6 is 0 Å². The number of carbonyl (C=O) groups excluding carboxylic acids is 1. The maximum atomic E-state index is 12.5. The predicted octanol–water partition coefficient (Wildman–Crippen LogP) is 0.874. The Morgan fingerprint density at radius 3 is 2.92 bits per heavy atom. The monoisotopic (exact) mass is 344 g/mol. The zero-order valence-electron chi connectivity index (χ0n) is 14.7. The summed E-state index contributed by atoms with van der Waals surface area (Å²) in [7, 11) is 0. The van der Waals surface area contributed by atoms with Gasteiger partial charge in [0.15, 0.2) is 0 Å². The molecule has 0 radical (unpaired) electrons. The van der Waals surface area contributed by atoms with E-state index in [4.69, 9.17) is 0 Å². The van der Waals surface area contributed by atoms with E-state index in [9.17, 15) is 9.59 Å². The molecule has 1 saturated heterocycles. The van der Waals surface area contributed by atoms with E-state index < -0.39 is 0 Å². The van der Waals surface area contributed by atoms with Gasteiger partial charge in [-0.15, -0.1) is 0 Å². The molecule has 0 unspecified atom stereocenters. The second-order valence-electron chi connectivity index (χ2n) is 6.35. The Hall–Kier alpha value is -2.48. The summed E-state index contributed by atoms with van der Waals surface area (Å²) in [5.74, 6) is 1.13. The largest absolute Gasteiger partial charge is 0.346 e. The van der Waals surface area contributed by atoms with Gasteiger partial charge in [0.2, 0.25) is 5.91 Å². The molecule has 3 rings (SSSR count). The molecule has 0 aromatic carbocycles. The van der Waals surface area contributed by atoms with Gasteiger partial charge in [0.25, 0.3) is 0 Å². The van der Waals surface area contributed by atoms with Gasteiger partial charge in [-0.2, -0.15) is 5.10 Å². The molecule has 2 aromatic heterocycles. The standard InChI is InChI=1S/C17H24N6O2/c1-3-22-16(13-5-4-8-18-10-13)21-23(17(22)25)11-15(24)20-14-7-6-12(2)9-19-14/h6-7,9,13,18H,3-5,8,10-11H2,1-2H3,(H,19,20,24)/t13-/m1/s1. The van der Waals surface area contributed by atoms with Crippen molar-refractivity contribution in [2.45, 2.75) is 45.7 Å². The number of nitrogens with zero attached hydrogens (tertiary/aromatic N) is 4. The van der Waals surface area contributed by atoms with E-state index in [0.29, 0.717) is 12.4 Å². The smallest absolute Gasteiger partial charge is 0.316 e. The molecule has 0 spiro atoms. The number of aromatic nitrogens is 4. The van der Waals surface area contributed by atoms with Crippen molar-refractivity contribution in [2.24, 2.45) is 0 Å². The normalized spacial score (nSPS) is 17.4. The van der Waals surface area contributed by atoms with Crippen LogP contribution in [0.5, 0.6) is 0 Å². The summed E-state index contributed by atoms with van der Waals surface area (Å²) >= 11 is 0. The van der Waals surface area contributed by atoms with Gasteiger partial charge in [-0.1, -0.05) is 6.07 Å². The van der Waals surface area contributed by atoms with Crippen molar-refractivity contribution in [1.29, 1.82) is 0 Å².